The molecule has 1 aromatic carbocycles. The van der Waals surface area contributed by atoms with E-state index in [1.165, 1.54) is 0 Å². The average molecular weight is 314 g/mol. The maximum absolute atomic E-state index is 14.2. The standard InChI is InChI=1S/C16H24FNS2/c1-5-18-16(13-8-10(2)6-7-14(13)17)15-9-19-11(3)12(4)20-15/h6-8,11-12,15-16,18H,5,9H2,1-4H3. The van der Waals surface area contributed by atoms with Gasteiger partial charge in [-0.05, 0) is 19.5 Å². The average Bonchev–Trinajstić information content (AvgIpc) is 2.42. The van der Waals surface area contributed by atoms with Crippen LogP contribution in [0.15, 0.2) is 18.2 Å². The Morgan fingerprint density at radius 1 is 1.35 bits per heavy atom. The number of thioether (sulfide) groups is 2. The second-order valence-electron chi connectivity index (χ2n) is 5.48. The van der Waals surface area contributed by atoms with Crippen LogP contribution >= 0.6 is 23.5 Å². The lowest BCUT2D eigenvalue weighted by Crippen LogP contribution is -2.37. The predicted octanol–water partition coefficient (Wildman–Crippen LogP) is 4.41. The molecule has 1 aliphatic rings. The van der Waals surface area contributed by atoms with E-state index in [4.69, 9.17) is 0 Å². The lowest BCUT2D eigenvalue weighted by Gasteiger charge is -2.36. The largest absolute Gasteiger partial charge is 0.309 e. The summed E-state index contributed by atoms with van der Waals surface area (Å²) in [5, 5.41) is 5.23. The Bertz CT molecular complexity index is 452. The molecule has 1 aromatic rings. The van der Waals surface area contributed by atoms with Gasteiger partial charge in [0.25, 0.3) is 0 Å². The van der Waals surface area contributed by atoms with Crippen molar-refractivity contribution in [3.63, 3.8) is 0 Å². The van der Waals surface area contributed by atoms with Crippen molar-refractivity contribution in [3.8, 4) is 0 Å². The summed E-state index contributed by atoms with van der Waals surface area (Å²) in [6.07, 6.45) is 0. The Hall–Kier alpha value is -0.190. The first-order chi connectivity index (χ1) is 9.52. The van der Waals surface area contributed by atoms with E-state index in [9.17, 15) is 4.39 Å². The predicted molar refractivity (Wildman–Crippen MR) is 90.3 cm³/mol. The molecular weight excluding hydrogens is 289 g/mol. The minimum Gasteiger partial charge on any atom is -0.309 e. The molecule has 0 amide bonds. The van der Waals surface area contributed by atoms with Crippen LogP contribution in [-0.4, -0.2) is 28.0 Å². The van der Waals surface area contributed by atoms with Gasteiger partial charge in [-0.3, -0.25) is 0 Å². The van der Waals surface area contributed by atoms with Gasteiger partial charge in [0.1, 0.15) is 5.82 Å². The molecule has 1 aliphatic heterocycles. The smallest absolute Gasteiger partial charge is 0.128 e. The Morgan fingerprint density at radius 3 is 2.75 bits per heavy atom. The van der Waals surface area contributed by atoms with Crippen LogP contribution < -0.4 is 5.32 Å². The second-order valence-corrected chi connectivity index (χ2v) is 8.51. The van der Waals surface area contributed by atoms with Crippen molar-refractivity contribution in [2.24, 2.45) is 0 Å². The van der Waals surface area contributed by atoms with E-state index in [1.54, 1.807) is 6.07 Å². The van der Waals surface area contributed by atoms with Crippen LogP contribution in [0.2, 0.25) is 0 Å². The fraction of sp³-hybridized carbons (Fsp3) is 0.625. The van der Waals surface area contributed by atoms with E-state index in [1.807, 2.05) is 42.6 Å². The van der Waals surface area contributed by atoms with Crippen LogP contribution in [0.4, 0.5) is 4.39 Å². The fourth-order valence-corrected chi connectivity index (χ4v) is 5.65. The van der Waals surface area contributed by atoms with E-state index in [2.05, 4.69) is 26.1 Å². The zero-order valence-corrected chi connectivity index (χ0v) is 14.3. The Morgan fingerprint density at radius 2 is 2.10 bits per heavy atom. The van der Waals surface area contributed by atoms with Crippen LogP contribution in [0.5, 0.6) is 0 Å². The maximum Gasteiger partial charge on any atom is 0.128 e. The number of hydrogen-bond donors (Lipinski definition) is 1. The summed E-state index contributed by atoms with van der Waals surface area (Å²) < 4.78 is 14.2. The van der Waals surface area contributed by atoms with Gasteiger partial charge >= 0.3 is 0 Å². The highest BCUT2D eigenvalue weighted by atomic mass is 32.2. The highest BCUT2D eigenvalue weighted by Gasteiger charge is 2.32. The van der Waals surface area contributed by atoms with Gasteiger partial charge in [-0.2, -0.15) is 23.5 Å². The number of aryl methyl sites for hydroxylation is 1. The molecule has 4 unspecified atom stereocenters. The van der Waals surface area contributed by atoms with Crippen molar-refractivity contribution >= 4 is 23.5 Å². The number of nitrogens with one attached hydrogen (secondary N) is 1. The van der Waals surface area contributed by atoms with Crippen molar-refractivity contribution in [2.75, 3.05) is 12.3 Å². The third-order valence-electron chi connectivity index (χ3n) is 3.86. The van der Waals surface area contributed by atoms with Gasteiger partial charge in [0, 0.05) is 33.1 Å². The van der Waals surface area contributed by atoms with Crippen molar-refractivity contribution < 1.29 is 4.39 Å². The fourth-order valence-electron chi connectivity index (χ4n) is 2.55. The third-order valence-corrected chi connectivity index (χ3v) is 7.35. The number of benzene rings is 1. The molecule has 1 nitrogen and oxygen atoms in total. The molecule has 4 heteroatoms. The quantitative estimate of drug-likeness (QED) is 0.884. The van der Waals surface area contributed by atoms with Gasteiger partial charge in [0.05, 0.1) is 0 Å². The zero-order valence-electron chi connectivity index (χ0n) is 12.7. The molecule has 112 valence electrons. The first-order valence-electron chi connectivity index (χ1n) is 7.29. The zero-order chi connectivity index (χ0) is 14.7. The molecule has 0 aromatic heterocycles. The minimum absolute atomic E-state index is 0.0848. The first kappa shape index (κ1) is 16.2. The lowest BCUT2D eigenvalue weighted by molar-refractivity contribution is 0.508. The topological polar surface area (TPSA) is 12.0 Å². The van der Waals surface area contributed by atoms with Crippen LogP contribution in [-0.2, 0) is 0 Å². The van der Waals surface area contributed by atoms with Crippen LogP contribution in [0.25, 0.3) is 0 Å². The molecule has 0 aliphatic carbocycles. The van der Waals surface area contributed by atoms with Gasteiger partial charge < -0.3 is 5.32 Å². The molecule has 0 radical (unpaired) electrons. The summed E-state index contributed by atoms with van der Waals surface area (Å²) >= 11 is 4.01. The number of halogens is 1. The van der Waals surface area contributed by atoms with Gasteiger partial charge in [-0.1, -0.05) is 38.5 Å². The Kier molecular flexibility index (Phi) is 5.82. The summed E-state index contributed by atoms with van der Waals surface area (Å²) in [4.78, 5) is 0. The Balaban J connectivity index is 2.24. The second kappa shape index (κ2) is 7.19. The molecule has 0 bridgehead atoms. The van der Waals surface area contributed by atoms with Crippen LogP contribution in [0, 0.1) is 12.7 Å². The summed E-state index contributed by atoms with van der Waals surface area (Å²) in [5.74, 6) is 1.000. The SMILES string of the molecule is CCNC(c1cc(C)ccc1F)C1CSC(C)C(C)S1. The molecule has 0 saturated carbocycles. The highest BCUT2D eigenvalue weighted by Crippen LogP contribution is 2.41. The van der Waals surface area contributed by atoms with Gasteiger partial charge in [-0.25, -0.2) is 4.39 Å². The molecule has 2 rings (SSSR count). The molecule has 1 fully saturated rings. The van der Waals surface area contributed by atoms with Crippen LogP contribution in [0.3, 0.4) is 0 Å². The lowest BCUT2D eigenvalue weighted by atomic mass is 10.0. The minimum atomic E-state index is -0.0848. The van der Waals surface area contributed by atoms with E-state index in [0.29, 0.717) is 15.7 Å². The molecule has 0 spiro atoms. The van der Waals surface area contributed by atoms with Gasteiger partial charge in [0.15, 0.2) is 0 Å². The van der Waals surface area contributed by atoms with E-state index in [0.717, 1.165) is 23.4 Å². The van der Waals surface area contributed by atoms with E-state index in [-0.39, 0.29) is 11.9 Å². The van der Waals surface area contributed by atoms with Crippen LogP contribution in [0.1, 0.15) is 37.9 Å². The summed E-state index contributed by atoms with van der Waals surface area (Å²) in [7, 11) is 0. The van der Waals surface area contributed by atoms with Gasteiger partial charge in [0.2, 0.25) is 0 Å². The van der Waals surface area contributed by atoms with Crippen molar-refractivity contribution in [1.29, 1.82) is 0 Å². The van der Waals surface area contributed by atoms with Gasteiger partial charge in [-0.15, -0.1) is 0 Å². The van der Waals surface area contributed by atoms with E-state index >= 15 is 0 Å². The molecule has 1 saturated heterocycles. The van der Waals surface area contributed by atoms with Crippen molar-refractivity contribution in [2.45, 2.75) is 49.5 Å². The highest BCUT2D eigenvalue weighted by molar-refractivity contribution is 8.07. The number of rotatable bonds is 4. The Labute approximate surface area is 130 Å². The number of hydrogen-bond acceptors (Lipinski definition) is 3. The molecule has 20 heavy (non-hydrogen) atoms. The molecule has 1 N–H and O–H groups in total. The normalized spacial score (nSPS) is 28.4. The molecule has 4 atom stereocenters. The molecular formula is C16H24FNS2. The monoisotopic (exact) mass is 313 g/mol. The summed E-state index contributed by atoms with van der Waals surface area (Å²) in [5.41, 5.74) is 1.95. The third kappa shape index (κ3) is 3.71. The van der Waals surface area contributed by atoms with Crippen molar-refractivity contribution in [3.05, 3.63) is 35.1 Å². The maximum atomic E-state index is 14.2. The molecule has 1 heterocycles. The summed E-state index contributed by atoms with van der Waals surface area (Å²) in [6.45, 7) is 9.55. The van der Waals surface area contributed by atoms with E-state index < -0.39 is 0 Å². The first-order valence-corrected chi connectivity index (χ1v) is 9.28. The van der Waals surface area contributed by atoms with Crippen molar-refractivity contribution in [1.82, 2.24) is 5.32 Å². The summed E-state index contributed by atoms with van der Waals surface area (Å²) in [6, 6.07) is 5.54.